The molecule has 0 unspecified atom stereocenters. The van der Waals surface area contributed by atoms with Gasteiger partial charge in [-0.2, -0.15) is 5.26 Å². The molecule has 2 aromatic heterocycles. The highest BCUT2D eigenvalue weighted by Crippen LogP contribution is 2.32. The monoisotopic (exact) mass is 352 g/mol. The number of pyridine rings is 1. The van der Waals surface area contributed by atoms with E-state index in [4.69, 9.17) is 4.42 Å². The van der Waals surface area contributed by atoms with Crippen LogP contribution >= 0.6 is 11.8 Å². The first-order valence-corrected chi connectivity index (χ1v) is 8.65. The topological polar surface area (TPSA) is 87.1 Å². The lowest BCUT2D eigenvalue weighted by molar-refractivity contribution is 0.468. The van der Waals surface area contributed by atoms with Crippen LogP contribution in [0.1, 0.15) is 27.9 Å². The lowest BCUT2D eigenvalue weighted by Gasteiger charge is -2.10. The molecule has 0 bridgehead atoms. The first kappa shape index (κ1) is 17.1. The first-order chi connectivity index (χ1) is 11.9. The molecule has 25 heavy (non-hydrogen) atoms. The Labute approximate surface area is 148 Å². The standard InChI is InChI=1S/C19H16N2O3S/c1-10-6-11(2)21-19(15(10)8-20)25-9-13-7-17(23)24-18-12(3)16(22)5-4-14(13)18/h4-7,22H,9H2,1-3H3. The number of rotatable bonds is 3. The van der Waals surface area contributed by atoms with Gasteiger partial charge in [0, 0.05) is 28.5 Å². The van der Waals surface area contributed by atoms with Crippen LogP contribution in [0, 0.1) is 32.1 Å². The van der Waals surface area contributed by atoms with E-state index in [-0.39, 0.29) is 5.75 Å². The Kier molecular flexibility index (Phi) is 4.51. The molecule has 0 aliphatic heterocycles. The minimum atomic E-state index is -0.467. The third-order valence-corrected chi connectivity index (χ3v) is 5.03. The van der Waals surface area contributed by atoms with Crippen LogP contribution in [0.25, 0.3) is 11.0 Å². The molecule has 5 nitrogen and oxygen atoms in total. The molecule has 0 radical (unpaired) electrons. The predicted molar refractivity (Wildman–Crippen MR) is 96.9 cm³/mol. The molecule has 2 heterocycles. The Bertz CT molecular complexity index is 1080. The Morgan fingerprint density at radius 3 is 2.76 bits per heavy atom. The van der Waals surface area contributed by atoms with E-state index in [2.05, 4.69) is 11.1 Å². The Balaban J connectivity index is 2.05. The van der Waals surface area contributed by atoms with Crippen molar-refractivity contribution in [3.05, 3.63) is 62.6 Å². The zero-order chi connectivity index (χ0) is 18.1. The van der Waals surface area contributed by atoms with E-state index in [0.717, 1.165) is 22.2 Å². The molecular formula is C19H16N2O3S. The Morgan fingerprint density at radius 2 is 2.04 bits per heavy atom. The summed E-state index contributed by atoms with van der Waals surface area (Å²) in [6.45, 7) is 5.48. The summed E-state index contributed by atoms with van der Waals surface area (Å²) in [5, 5.41) is 20.6. The fourth-order valence-corrected chi connectivity index (χ4v) is 3.81. The Morgan fingerprint density at radius 1 is 1.28 bits per heavy atom. The summed E-state index contributed by atoms with van der Waals surface area (Å²) in [4.78, 5) is 16.3. The number of nitriles is 1. The lowest BCUT2D eigenvalue weighted by Crippen LogP contribution is -2.01. The minimum absolute atomic E-state index is 0.0863. The summed E-state index contributed by atoms with van der Waals surface area (Å²) in [6.07, 6.45) is 0. The molecule has 0 fully saturated rings. The van der Waals surface area contributed by atoms with Crippen LogP contribution in [0.4, 0.5) is 0 Å². The van der Waals surface area contributed by atoms with Gasteiger partial charge in [0.1, 0.15) is 22.4 Å². The quantitative estimate of drug-likeness (QED) is 0.567. The van der Waals surface area contributed by atoms with Crippen molar-refractivity contribution in [3.8, 4) is 11.8 Å². The Hall–Kier alpha value is -2.78. The number of nitrogens with zero attached hydrogens (tertiary/aromatic N) is 2. The predicted octanol–water partition coefficient (Wildman–Crippen LogP) is 3.98. The highest BCUT2D eigenvalue weighted by atomic mass is 32.2. The molecule has 0 aliphatic carbocycles. The number of aromatic hydroxyl groups is 1. The van der Waals surface area contributed by atoms with Gasteiger partial charge in [-0.25, -0.2) is 9.78 Å². The van der Waals surface area contributed by atoms with E-state index < -0.39 is 5.63 Å². The summed E-state index contributed by atoms with van der Waals surface area (Å²) < 4.78 is 5.26. The van der Waals surface area contributed by atoms with Crippen molar-refractivity contribution in [3.63, 3.8) is 0 Å². The number of fused-ring (bicyclic) bond motifs is 1. The number of benzene rings is 1. The highest BCUT2D eigenvalue weighted by molar-refractivity contribution is 7.98. The van der Waals surface area contributed by atoms with E-state index in [1.54, 1.807) is 19.1 Å². The van der Waals surface area contributed by atoms with Crippen molar-refractivity contribution in [2.24, 2.45) is 0 Å². The maximum absolute atomic E-state index is 11.9. The largest absolute Gasteiger partial charge is 0.508 e. The van der Waals surface area contributed by atoms with Crippen LogP contribution in [0.2, 0.25) is 0 Å². The number of aromatic nitrogens is 1. The SMILES string of the molecule is Cc1cc(C)c(C#N)c(SCc2cc(=O)oc3c(C)c(O)ccc23)n1. The molecule has 3 rings (SSSR count). The number of thioether (sulfide) groups is 1. The highest BCUT2D eigenvalue weighted by Gasteiger charge is 2.13. The second kappa shape index (κ2) is 6.61. The van der Waals surface area contributed by atoms with E-state index in [1.807, 2.05) is 19.9 Å². The number of phenolic OH excluding ortho intramolecular Hbond substituents is 1. The van der Waals surface area contributed by atoms with Gasteiger partial charge in [-0.3, -0.25) is 0 Å². The third-order valence-electron chi connectivity index (χ3n) is 4.01. The van der Waals surface area contributed by atoms with Gasteiger partial charge in [-0.05, 0) is 50.1 Å². The molecular weight excluding hydrogens is 336 g/mol. The van der Waals surface area contributed by atoms with E-state index in [9.17, 15) is 15.2 Å². The van der Waals surface area contributed by atoms with Gasteiger partial charge in [0.25, 0.3) is 0 Å². The smallest absolute Gasteiger partial charge is 0.336 e. The molecule has 0 spiro atoms. The second-order valence-corrected chi connectivity index (χ2v) is 6.80. The van der Waals surface area contributed by atoms with E-state index in [1.165, 1.54) is 17.8 Å². The molecule has 0 saturated heterocycles. The lowest BCUT2D eigenvalue weighted by atomic mass is 10.1. The molecule has 6 heteroatoms. The zero-order valence-electron chi connectivity index (χ0n) is 14.1. The molecule has 126 valence electrons. The molecule has 3 aromatic rings. The van der Waals surface area contributed by atoms with Crippen LogP contribution in [0.15, 0.2) is 38.5 Å². The normalized spacial score (nSPS) is 10.8. The third kappa shape index (κ3) is 3.24. The first-order valence-electron chi connectivity index (χ1n) is 7.67. The summed E-state index contributed by atoms with van der Waals surface area (Å²) in [6, 6.07) is 8.83. The van der Waals surface area contributed by atoms with Crippen LogP contribution in [0.5, 0.6) is 5.75 Å². The van der Waals surface area contributed by atoms with Gasteiger partial charge >= 0.3 is 5.63 Å². The average Bonchev–Trinajstić information content (AvgIpc) is 2.56. The molecule has 0 saturated carbocycles. The van der Waals surface area contributed by atoms with Crippen LogP contribution in [-0.2, 0) is 5.75 Å². The van der Waals surface area contributed by atoms with Crippen LogP contribution in [-0.4, -0.2) is 10.1 Å². The van der Waals surface area contributed by atoms with Crippen molar-refractivity contribution in [2.45, 2.75) is 31.6 Å². The zero-order valence-corrected chi connectivity index (χ0v) is 14.9. The summed E-state index contributed by atoms with van der Waals surface area (Å²) in [5.41, 5.74) is 3.51. The summed E-state index contributed by atoms with van der Waals surface area (Å²) >= 11 is 1.41. The van der Waals surface area contributed by atoms with E-state index in [0.29, 0.717) is 27.5 Å². The van der Waals surface area contributed by atoms with Crippen molar-refractivity contribution < 1.29 is 9.52 Å². The van der Waals surface area contributed by atoms with Crippen LogP contribution in [0.3, 0.4) is 0 Å². The fraction of sp³-hybridized carbons (Fsp3) is 0.211. The minimum Gasteiger partial charge on any atom is -0.508 e. The summed E-state index contributed by atoms with van der Waals surface area (Å²) in [7, 11) is 0. The molecule has 0 amide bonds. The van der Waals surface area contributed by atoms with Crippen molar-refractivity contribution in [2.75, 3.05) is 0 Å². The van der Waals surface area contributed by atoms with Gasteiger partial charge < -0.3 is 9.52 Å². The number of hydrogen-bond donors (Lipinski definition) is 1. The molecule has 1 aromatic carbocycles. The molecule has 1 N–H and O–H groups in total. The van der Waals surface area contributed by atoms with E-state index >= 15 is 0 Å². The number of phenols is 1. The van der Waals surface area contributed by atoms with Gasteiger partial charge in [-0.1, -0.05) is 0 Å². The molecule has 0 aliphatic rings. The van der Waals surface area contributed by atoms with Crippen molar-refractivity contribution in [1.29, 1.82) is 5.26 Å². The number of hydrogen-bond acceptors (Lipinski definition) is 6. The van der Waals surface area contributed by atoms with Crippen molar-refractivity contribution >= 4 is 22.7 Å². The second-order valence-electron chi connectivity index (χ2n) is 5.84. The van der Waals surface area contributed by atoms with Crippen LogP contribution < -0.4 is 5.63 Å². The van der Waals surface area contributed by atoms with Gasteiger partial charge in [0.2, 0.25) is 0 Å². The van der Waals surface area contributed by atoms with Gasteiger partial charge in [-0.15, -0.1) is 11.8 Å². The van der Waals surface area contributed by atoms with Gasteiger partial charge in [0.15, 0.2) is 0 Å². The maximum Gasteiger partial charge on any atom is 0.336 e. The van der Waals surface area contributed by atoms with Gasteiger partial charge in [0.05, 0.1) is 5.56 Å². The summed E-state index contributed by atoms with van der Waals surface area (Å²) in [5.74, 6) is 0.555. The number of aryl methyl sites for hydroxylation is 3. The maximum atomic E-state index is 11.9. The van der Waals surface area contributed by atoms with Crippen molar-refractivity contribution in [1.82, 2.24) is 4.98 Å². The fourth-order valence-electron chi connectivity index (χ4n) is 2.72. The molecule has 0 atom stereocenters. The average molecular weight is 352 g/mol.